The van der Waals surface area contributed by atoms with E-state index in [0.29, 0.717) is 0 Å². The molecule has 1 N–H and O–H groups in total. The Kier molecular flexibility index (Phi) is 6.88. The Bertz CT molecular complexity index is 358. The highest BCUT2D eigenvalue weighted by Crippen LogP contribution is 2.32. The summed E-state index contributed by atoms with van der Waals surface area (Å²) in [5, 5.41) is 10.5. The van der Waals surface area contributed by atoms with Crippen LogP contribution in [0.3, 0.4) is 0 Å². The lowest BCUT2D eigenvalue weighted by Gasteiger charge is -2.48. The molecule has 0 aromatic heterocycles. The standard InChI is InChI=1S/C15H36O5Si3/c1-11-12(18-21(2,3)4)13(19-22(5,6)7)14(15(16)17-11)20-23(8,9)10/h11-16H,1-10H3/t11-,12+,13+,14-,15-/m0/s1. The van der Waals surface area contributed by atoms with E-state index in [1.807, 2.05) is 6.92 Å². The second kappa shape index (κ2) is 7.37. The first-order valence-corrected chi connectivity index (χ1v) is 18.7. The summed E-state index contributed by atoms with van der Waals surface area (Å²) >= 11 is 0. The Balaban J connectivity index is 3.13. The van der Waals surface area contributed by atoms with Gasteiger partial charge in [-0.3, -0.25) is 0 Å². The number of aliphatic hydroxyl groups excluding tert-OH is 1. The van der Waals surface area contributed by atoms with Gasteiger partial charge in [0.15, 0.2) is 31.2 Å². The van der Waals surface area contributed by atoms with Crippen LogP contribution >= 0.6 is 0 Å². The van der Waals surface area contributed by atoms with E-state index in [1.54, 1.807) is 0 Å². The van der Waals surface area contributed by atoms with Crippen LogP contribution in [0.2, 0.25) is 58.9 Å². The van der Waals surface area contributed by atoms with Crippen molar-refractivity contribution in [2.45, 2.75) is 96.6 Å². The van der Waals surface area contributed by atoms with Crippen LogP contribution in [0, 0.1) is 0 Å². The molecule has 0 unspecified atom stereocenters. The molecule has 23 heavy (non-hydrogen) atoms. The number of ether oxygens (including phenoxy) is 1. The van der Waals surface area contributed by atoms with Crippen LogP contribution in [-0.2, 0) is 18.0 Å². The van der Waals surface area contributed by atoms with Crippen molar-refractivity contribution in [1.29, 1.82) is 0 Å². The molecule has 138 valence electrons. The lowest BCUT2D eigenvalue weighted by molar-refractivity contribution is -0.266. The van der Waals surface area contributed by atoms with Crippen LogP contribution in [-0.4, -0.2) is 60.8 Å². The summed E-state index contributed by atoms with van der Waals surface area (Å²) in [5.41, 5.74) is 0. The van der Waals surface area contributed by atoms with Gasteiger partial charge in [0.05, 0.1) is 12.2 Å². The summed E-state index contributed by atoms with van der Waals surface area (Å²) in [6, 6.07) is 0. The van der Waals surface area contributed by atoms with Crippen molar-refractivity contribution in [2.75, 3.05) is 0 Å². The van der Waals surface area contributed by atoms with Crippen molar-refractivity contribution in [2.24, 2.45) is 0 Å². The zero-order chi connectivity index (χ0) is 18.2. The molecule has 1 fully saturated rings. The van der Waals surface area contributed by atoms with E-state index in [9.17, 15) is 5.11 Å². The quantitative estimate of drug-likeness (QED) is 0.716. The first-order chi connectivity index (χ1) is 10.1. The van der Waals surface area contributed by atoms with Gasteiger partial charge in [0.2, 0.25) is 0 Å². The van der Waals surface area contributed by atoms with Gasteiger partial charge in [0.1, 0.15) is 12.2 Å². The molecule has 0 radical (unpaired) electrons. The topological polar surface area (TPSA) is 57.2 Å². The highest BCUT2D eigenvalue weighted by atomic mass is 28.4. The maximum absolute atomic E-state index is 10.5. The molecule has 1 rings (SSSR count). The van der Waals surface area contributed by atoms with Gasteiger partial charge in [-0.15, -0.1) is 0 Å². The lowest BCUT2D eigenvalue weighted by atomic mass is 10.0. The average Bonchev–Trinajstić information content (AvgIpc) is 2.25. The molecule has 0 saturated carbocycles. The predicted molar refractivity (Wildman–Crippen MR) is 101 cm³/mol. The van der Waals surface area contributed by atoms with Crippen LogP contribution < -0.4 is 0 Å². The molecular formula is C15H36O5Si3. The van der Waals surface area contributed by atoms with Gasteiger partial charge in [-0.2, -0.15) is 0 Å². The van der Waals surface area contributed by atoms with E-state index in [0.717, 1.165) is 0 Å². The van der Waals surface area contributed by atoms with E-state index < -0.39 is 37.3 Å². The van der Waals surface area contributed by atoms with Crippen molar-refractivity contribution in [3.63, 3.8) is 0 Å². The molecule has 0 amide bonds. The first kappa shape index (κ1) is 21.5. The molecule has 1 aliphatic heterocycles. The fraction of sp³-hybridized carbons (Fsp3) is 1.00. The van der Waals surface area contributed by atoms with Crippen molar-refractivity contribution in [3.8, 4) is 0 Å². The molecule has 0 aliphatic carbocycles. The minimum absolute atomic E-state index is 0.210. The van der Waals surface area contributed by atoms with E-state index in [2.05, 4.69) is 58.9 Å². The summed E-state index contributed by atoms with van der Waals surface area (Å²) < 4.78 is 24.8. The first-order valence-electron chi connectivity index (χ1n) is 8.46. The van der Waals surface area contributed by atoms with Crippen LogP contribution in [0.4, 0.5) is 0 Å². The van der Waals surface area contributed by atoms with Gasteiger partial charge in [0.25, 0.3) is 0 Å². The highest BCUT2D eigenvalue weighted by Gasteiger charge is 2.49. The molecule has 0 bridgehead atoms. The van der Waals surface area contributed by atoms with Crippen LogP contribution in [0.1, 0.15) is 6.92 Å². The SMILES string of the molecule is C[C@@H]1O[C@H](O)[C@@H](O[Si](C)(C)C)[C@H](O[Si](C)(C)C)[C@@H]1O[Si](C)(C)C. The average molecular weight is 381 g/mol. The fourth-order valence-electron chi connectivity index (χ4n) is 2.64. The Morgan fingerprint density at radius 3 is 1.39 bits per heavy atom. The Morgan fingerprint density at radius 1 is 0.652 bits per heavy atom. The van der Waals surface area contributed by atoms with E-state index in [1.165, 1.54) is 0 Å². The maximum atomic E-state index is 10.5. The largest absolute Gasteiger partial charge is 0.409 e. The number of aliphatic hydroxyl groups is 1. The molecule has 1 aliphatic rings. The minimum atomic E-state index is -1.86. The Hall–Kier alpha value is 0.451. The molecule has 5 nitrogen and oxygen atoms in total. The predicted octanol–water partition coefficient (Wildman–Crippen LogP) is 3.38. The van der Waals surface area contributed by atoms with Gasteiger partial charge in [0, 0.05) is 0 Å². The number of hydrogen-bond acceptors (Lipinski definition) is 5. The summed E-state index contributed by atoms with van der Waals surface area (Å²) in [4.78, 5) is 0. The third kappa shape index (κ3) is 7.47. The molecule has 5 atom stereocenters. The molecule has 1 heterocycles. The number of rotatable bonds is 6. The number of hydrogen-bond donors (Lipinski definition) is 1. The molecule has 0 aromatic rings. The van der Waals surface area contributed by atoms with Gasteiger partial charge in [-0.25, -0.2) is 0 Å². The highest BCUT2D eigenvalue weighted by molar-refractivity contribution is 6.70. The summed E-state index contributed by atoms with van der Waals surface area (Å²) in [5.74, 6) is 0. The van der Waals surface area contributed by atoms with Gasteiger partial charge < -0.3 is 23.1 Å². The van der Waals surface area contributed by atoms with Gasteiger partial charge >= 0.3 is 0 Å². The maximum Gasteiger partial charge on any atom is 0.184 e. The van der Waals surface area contributed by atoms with E-state index in [-0.39, 0.29) is 18.3 Å². The van der Waals surface area contributed by atoms with Crippen LogP contribution in [0.25, 0.3) is 0 Å². The minimum Gasteiger partial charge on any atom is -0.409 e. The van der Waals surface area contributed by atoms with Gasteiger partial charge in [-0.05, 0) is 65.8 Å². The van der Waals surface area contributed by atoms with Crippen LogP contribution in [0.15, 0.2) is 0 Å². The third-order valence-electron chi connectivity index (χ3n) is 3.21. The fourth-order valence-corrected chi connectivity index (χ4v) is 5.93. The summed E-state index contributed by atoms with van der Waals surface area (Å²) in [7, 11) is -5.48. The lowest BCUT2D eigenvalue weighted by Crippen LogP contribution is -2.64. The summed E-state index contributed by atoms with van der Waals surface area (Å²) in [6.07, 6.45) is -2.19. The Labute approximate surface area is 145 Å². The zero-order valence-corrected chi connectivity index (χ0v) is 19.5. The van der Waals surface area contributed by atoms with E-state index in [4.69, 9.17) is 18.0 Å². The second-order valence-electron chi connectivity index (χ2n) is 9.32. The molecular weight excluding hydrogens is 344 g/mol. The smallest absolute Gasteiger partial charge is 0.184 e. The van der Waals surface area contributed by atoms with Crippen molar-refractivity contribution in [1.82, 2.24) is 0 Å². The van der Waals surface area contributed by atoms with Gasteiger partial charge in [-0.1, -0.05) is 0 Å². The molecule has 0 aromatic carbocycles. The zero-order valence-electron chi connectivity index (χ0n) is 16.5. The molecule has 8 heteroatoms. The molecule has 0 spiro atoms. The Morgan fingerprint density at radius 2 is 1.00 bits per heavy atom. The van der Waals surface area contributed by atoms with E-state index >= 15 is 0 Å². The van der Waals surface area contributed by atoms with Crippen molar-refractivity contribution >= 4 is 25.0 Å². The third-order valence-corrected chi connectivity index (χ3v) is 6.15. The monoisotopic (exact) mass is 380 g/mol. The van der Waals surface area contributed by atoms with Crippen molar-refractivity contribution in [3.05, 3.63) is 0 Å². The molecule has 1 saturated heterocycles. The summed E-state index contributed by atoms with van der Waals surface area (Å²) in [6.45, 7) is 21.2. The second-order valence-corrected chi connectivity index (χ2v) is 22.7. The van der Waals surface area contributed by atoms with Crippen LogP contribution in [0.5, 0.6) is 0 Å². The van der Waals surface area contributed by atoms with Crippen molar-refractivity contribution < 1.29 is 23.1 Å². The normalized spacial score (nSPS) is 33.8.